The standard InChI is InChI=1S/C11H19N3O3/c15-6-5-13-1-3-14(4-2-13)11(17)9-7-10(16)12-8-9/h9,15H,1-8H2,(H,12,16). The van der Waals surface area contributed by atoms with Crippen LogP contribution in [0.25, 0.3) is 0 Å². The first-order chi connectivity index (χ1) is 8.20. The second-order valence-corrected chi connectivity index (χ2v) is 4.60. The fraction of sp³-hybridized carbons (Fsp3) is 0.818. The van der Waals surface area contributed by atoms with Crippen molar-refractivity contribution in [1.82, 2.24) is 15.1 Å². The van der Waals surface area contributed by atoms with E-state index in [0.717, 1.165) is 13.1 Å². The summed E-state index contributed by atoms with van der Waals surface area (Å²) in [6.45, 7) is 4.32. The third-order valence-corrected chi connectivity index (χ3v) is 3.43. The lowest BCUT2D eigenvalue weighted by atomic mass is 10.1. The molecular formula is C11H19N3O3. The van der Waals surface area contributed by atoms with Crippen LogP contribution < -0.4 is 5.32 Å². The van der Waals surface area contributed by atoms with E-state index in [1.165, 1.54) is 0 Å². The first kappa shape index (κ1) is 12.3. The maximum absolute atomic E-state index is 12.1. The largest absolute Gasteiger partial charge is 0.395 e. The molecule has 1 atom stereocenters. The van der Waals surface area contributed by atoms with Crippen molar-refractivity contribution in [3.8, 4) is 0 Å². The molecule has 2 heterocycles. The molecular weight excluding hydrogens is 222 g/mol. The Bertz CT molecular complexity index is 300. The van der Waals surface area contributed by atoms with E-state index in [-0.39, 0.29) is 24.3 Å². The van der Waals surface area contributed by atoms with Crippen molar-refractivity contribution in [3.63, 3.8) is 0 Å². The van der Waals surface area contributed by atoms with E-state index in [1.807, 2.05) is 4.90 Å². The van der Waals surface area contributed by atoms with Gasteiger partial charge >= 0.3 is 0 Å². The molecule has 17 heavy (non-hydrogen) atoms. The summed E-state index contributed by atoms with van der Waals surface area (Å²) in [5.41, 5.74) is 0. The molecule has 0 radical (unpaired) electrons. The summed E-state index contributed by atoms with van der Waals surface area (Å²) in [6, 6.07) is 0. The predicted molar refractivity (Wildman–Crippen MR) is 61.2 cm³/mol. The maximum Gasteiger partial charge on any atom is 0.228 e. The fourth-order valence-electron chi connectivity index (χ4n) is 2.37. The highest BCUT2D eigenvalue weighted by atomic mass is 16.3. The molecule has 2 rings (SSSR count). The van der Waals surface area contributed by atoms with E-state index in [0.29, 0.717) is 32.6 Å². The predicted octanol–water partition coefficient (Wildman–Crippen LogP) is -1.74. The monoisotopic (exact) mass is 241 g/mol. The molecule has 6 nitrogen and oxygen atoms in total. The third kappa shape index (κ3) is 2.95. The number of nitrogens with zero attached hydrogens (tertiary/aromatic N) is 2. The minimum Gasteiger partial charge on any atom is -0.395 e. The van der Waals surface area contributed by atoms with Gasteiger partial charge in [0.2, 0.25) is 11.8 Å². The van der Waals surface area contributed by atoms with Crippen LogP contribution in [0.4, 0.5) is 0 Å². The molecule has 0 saturated carbocycles. The summed E-state index contributed by atoms with van der Waals surface area (Å²) >= 11 is 0. The van der Waals surface area contributed by atoms with E-state index >= 15 is 0 Å². The molecule has 2 N–H and O–H groups in total. The molecule has 0 spiro atoms. The van der Waals surface area contributed by atoms with Crippen molar-refractivity contribution >= 4 is 11.8 Å². The smallest absolute Gasteiger partial charge is 0.228 e. The summed E-state index contributed by atoms with van der Waals surface area (Å²) in [4.78, 5) is 27.1. The van der Waals surface area contributed by atoms with Crippen molar-refractivity contribution in [3.05, 3.63) is 0 Å². The summed E-state index contributed by atoms with van der Waals surface area (Å²) in [6.07, 6.45) is 0.329. The number of carbonyl (C=O) groups is 2. The first-order valence-electron chi connectivity index (χ1n) is 6.09. The number of hydrogen-bond acceptors (Lipinski definition) is 4. The van der Waals surface area contributed by atoms with Crippen molar-refractivity contribution in [2.45, 2.75) is 6.42 Å². The van der Waals surface area contributed by atoms with Gasteiger partial charge in [-0.3, -0.25) is 14.5 Å². The van der Waals surface area contributed by atoms with Crippen LogP contribution in [0.2, 0.25) is 0 Å². The van der Waals surface area contributed by atoms with E-state index in [2.05, 4.69) is 10.2 Å². The Labute approximate surface area is 101 Å². The zero-order chi connectivity index (χ0) is 12.3. The zero-order valence-electron chi connectivity index (χ0n) is 9.89. The normalized spacial score (nSPS) is 26.1. The van der Waals surface area contributed by atoms with Gasteiger partial charge in [-0.1, -0.05) is 0 Å². The lowest BCUT2D eigenvalue weighted by molar-refractivity contribution is -0.137. The van der Waals surface area contributed by atoms with Gasteiger partial charge in [-0.2, -0.15) is 0 Å². The molecule has 1 unspecified atom stereocenters. The van der Waals surface area contributed by atoms with Gasteiger partial charge < -0.3 is 15.3 Å². The molecule has 0 bridgehead atoms. The lowest BCUT2D eigenvalue weighted by Gasteiger charge is -2.35. The Morgan fingerprint density at radius 2 is 2.06 bits per heavy atom. The van der Waals surface area contributed by atoms with Gasteiger partial charge in [0.25, 0.3) is 0 Å². The van der Waals surface area contributed by atoms with Gasteiger partial charge in [0.15, 0.2) is 0 Å². The molecule has 96 valence electrons. The van der Waals surface area contributed by atoms with E-state index in [1.54, 1.807) is 0 Å². The van der Waals surface area contributed by atoms with Crippen molar-refractivity contribution in [2.24, 2.45) is 5.92 Å². The molecule has 2 aliphatic heterocycles. The Kier molecular flexibility index (Phi) is 3.96. The number of amides is 2. The van der Waals surface area contributed by atoms with Crippen LogP contribution >= 0.6 is 0 Å². The summed E-state index contributed by atoms with van der Waals surface area (Å²) in [5.74, 6) is -0.110. The number of rotatable bonds is 3. The summed E-state index contributed by atoms with van der Waals surface area (Å²) in [5, 5.41) is 11.5. The SMILES string of the molecule is O=C1CC(C(=O)N2CCN(CCO)CC2)CN1. The highest BCUT2D eigenvalue weighted by Gasteiger charge is 2.32. The zero-order valence-corrected chi connectivity index (χ0v) is 9.89. The number of β-amino-alcohol motifs (C(OH)–C–C–N with tert-alkyl or cyclic N) is 1. The summed E-state index contributed by atoms with van der Waals surface area (Å²) < 4.78 is 0. The van der Waals surface area contributed by atoms with Crippen LogP contribution in [0.1, 0.15) is 6.42 Å². The van der Waals surface area contributed by atoms with E-state index < -0.39 is 0 Å². The number of piperazine rings is 1. The minimum atomic E-state index is -0.174. The molecule has 6 heteroatoms. The molecule has 0 aromatic carbocycles. The molecule has 2 aliphatic rings. The first-order valence-corrected chi connectivity index (χ1v) is 6.09. The molecule has 0 aromatic heterocycles. The van der Waals surface area contributed by atoms with Crippen LogP contribution in [0.3, 0.4) is 0 Å². The number of nitrogens with one attached hydrogen (secondary N) is 1. The van der Waals surface area contributed by atoms with E-state index in [4.69, 9.17) is 5.11 Å². The van der Waals surface area contributed by atoms with Crippen LogP contribution in [0.5, 0.6) is 0 Å². The summed E-state index contributed by atoms with van der Waals surface area (Å²) in [7, 11) is 0. The Morgan fingerprint density at radius 3 is 2.59 bits per heavy atom. The average Bonchev–Trinajstić information content (AvgIpc) is 2.76. The van der Waals surface area contributed by atoms with Crippen LogP contribution in [-0.4, -0.2) is 72.6 Å². The average molecular weight is 241 g/mol. The Morgan fingerprint density at radius 1 is 1.35 bits per heavy atom. The number of hydrogen-bond donors (Lipinski definition) is 2. The lowest BCUT2D eigenvalue weighted by Crippen LogP contribution is -2.51. The van der Waals surface area contributed by atoms with Gasteiger partial charge in [-0.15, -0.1) is 0 Å². The van der Waals surface area contributed by atoms with Crippen LogP contribution in [0.15, 0.2) is 0 Å². The van der Waals surface area contributed by atoms with Gasteiger partial charge in [-0.05, 0) is 0 Å². The van der Waals surface area contributed by atoms with Gasteiger partial charge in [0.1, 0.15) is 0 Å². The maximum atomic E-state index is 12.1. The van der Waals surface area contributed by atoms with Gasteiger partial charge in [0, 0.05) is 45.7 Å². The highest BCUT2D eigenvalue weighted by Crippen LogP contribution is 2.14. The van der Waals surface area contributed by atoms with E-state index in [9.17, 15) is 9.59 Å². The third-order valence-electron chi connectivity index (χ3n) is 3.43. The fourth-order valence-corrected chi connectivity index (χ4v) is 2.37. The van der Waals surface area contributed by atoms with Crippen molar-refractivity contribution in [2.75, 3.05) is 45.9 Å². The molecule has 2 fully saturated rings. The Hall–Kier alpha value is -1.14. The molecule has 2 saturated heterocycles. The second kappa shape index (κ2) is 5.46. The van der Waals surface area contributed by atoms with Gasteiger partial charge in [0.05, 0.1) is 12.5 Å². The topological polar surface area (TPSA) is 72.9 Å². The highest BCUT2D eigenvalue weighted by molar-refractivity contribution is 5.89. The van der Waals surface area contributed by atoms with Crippen LogP contribution in [0, 0.1) is 5.92 Å². The quantitative estimate of drug-likeness (QED) is 0.615. The van der Waals surface area contributed by atoms with Crippen molar-refractivity contribution < 1.29 is 14.7 Å². The second-order valence-electron chi connectivity index (χ2n) is 4.60. The molecule has 0 aliphatic carbocycles. The molecule has 2 amide bonds. The number of aliphatic hydroxyl groups is 1. The minimum absolute atomic E-state index is 0.0257. The van der Waals surface area contributed by atoms with Crippen molar-refractivity contribution in [1.29, 1.82) is 0 Å². The Balaban J connectivity index is 1.80. The number of aliphatic hydroxyl groups excluding tert-OH is 1. The number of carbonyl (C=O) groups excluding carboxylic acids is 2. The molecule has 0 aromatic rings. The van der Waals surface area contributed by atoms with Crippen LogP contribution in [-0.2, 0) is 9.59 Å². The van der Waals surface area contributed by atoms with Gasteiger partial charge in [-0.25, -0.2) is 0 Å².